The maximum atomic E-state index is 12.2. The van der Waals surface area contributed by atoms with Gasteiger partial charge in [0.15, 0.2) is 5.76 Å². The molecule has 1 N–H and O–H groups in total. The van der Waals surface area contributed by atoms with Crippen LogP contribution in [0.4, 0.5) is 0 Å². The molecule has 1 amide bonds. The molecule has 0 atom stereocenters. The van der Waals surface area contributed by atoms with Crippen molar-refractivity contribution in [2.24, 2.45) is 5.10 Å². The molecule has 0 aliphatic rings. The molecular weight excluding hydrogens is 264 g/mol. The maximum Gasteiger partial charge on any atom is 0.307 e. The van der Waals surface area contributed by atoms with Crippen molar-refractivity contribution in [3.8, 4) is 0 Å². The summed E-state index contributed by atoms with van der Waals surface area (Å²) in [5, 5.41) is 5.21. The monoisotopic (exact) mass is 286 g/mol. The van der Waals surface area contributed by atoms with Crippen LogP contribution in [-0.2, 0) is 0 Å². The molecule has 0 unspecified atom stereocenters. The normalized spacial score (nSPS) is 10.6. The second kappa shape index (κ2) is 7.07. The van der Waals surface area contributed by atoms with Gasteiger partial charge in [-0.25, -0.2) is 5.43 Å². The molecule has 0 bridgehead atoms. The standard InChI is InChI=1S/C17H22N2O2/c1-4-8-13(9-5-2)18-19-17(20)16-12(3)14-10-6-7-11-15(14)21-16/h6-7,10-11H,4-5,8-9H2,1-3H3,(H,19,20). The Hall–Kier alpha value is -2.10. The lowest BCUT2D eigenvalue weighted by molar-refractivity contribution is 0.0928. The molecule has 0 aliphatic carbocycles. The number of carbonyl (C=O) groups is 1. The lowest BCUT2D eigenvalue weighted by Gasteiger charge is -2.04. The van der Waals surface area contributed by atoms with E-state index in [2.05, 4.69) is 24.4 Å². The predicted octanol–water partition coefficient (Wildman–Crippen LogP) is 4.43. The number of rotatable bonds is 6. The first-order valence-corrected chi connectivity index (χ1v) is 7.51. The van der Waals surface area contributed by atoms with Gasteiger partial charge in [-0.2, -0.15) is 5.10 Å². The van der Waals surface area contributed by atoms with Gasteiger partial charge in [0.2, 0.25) is 0 Å². The number of hydrazone groups is 1. The lowest BCUT2D eigenvalue weighted by atomic mass is 10.1. The zero-order valence-electron chi connectivity index (χ0n) is 12.9. The second-order valence-electron chi connectivity index (χ2n) is 5.17. The van der Waals surface area contributed by atoms with E-state index in [0.717, 1.165) is 47.9 Å². The van der Waals surface area contributed by atoms with E-state index in [1.54, 1.807) is 0 Å². The first-order chi connectivity index (χ1) is 10.2. The third-order valence-electron chi connectivity index (χ3n) is 3.44. The summed E-state index contributed by atoms with van der Waals surface area (Å²) < 4.78 is 5.63. The number of para-hydroxylation sites is 1. The number of nitrogens with zero attached hydrogens (tertiary/aromatic N) is 1. The maximum absolute atomic E-state index is 12.2. The van der Waals surface area contributed by atoms with Crippen LogP contribution in [0.5, 0.6) is 0 Å². The Kier molecular flexibility index (Phi) is 5.14. The first kappa shape index (κ1) is 15.3. The average Bonchev–Trinajstić information content (AvgIpc) is 2.83. The van der Waals surface area contributed by atoms with Gasteiger partial charge in [0.25, 0.3) is 0 Å². The van der Waals surface area contributed by atoms with Crippen LogP contribution in [0.25, 0.3) is 11.0 Å². The van der Waals surface area contributed by atoms with Crippen LogP contribution < -0.4 is 5.43 Å². The van der Waals surface area contributed by atoms with Crippen molar-refractivity contribution in [2.45, 2.75) is 46.5 Å². The molecule has 2 rings (SSSR count). The van der Waals surface area contributed by atoms with E-state index in [-0.39, 0.29) is 5.91 Å². The zero-order valence-corrected chi connectivity index (χ0v) is 12.9. The first-order valence-electron chi connectivity index (χ1n) is 7.51. The molecule has 2 aromatic rings. The summed E-state index contributed by atoms with van der Waals surface area (Å²) >= 11 is 0. The van der Waals surface area contributed by atoms with Crippen molar-refractivity contribution in [1.29, 1.82) is 0 Å². The molecule has 1 heterocycles. The van der Waals surface area contributed by atoms with Gasteiger partial charge in [0, 0.05) is 16.7 Å². The molecule has 0 fully saturated rings. The fourth-order valence-electron chi connectivity index (χ4n) is 2.39. The van der Waals surface area contributed by atoms with Crippen molar-refractivity contribution in [1.82, 2.24) is 5.43 Å². The molecule has 1 aromatic heterocycles. The average molecular weight is 286 g/mol. The van der Waals surface area contributed by atoms with Crippen LogP contribution in [0, 0.1) is 6.92 Å². The van der Waals surface area contributed by atoms with Crippen molar-refractivity contribution in [3.05, 3.63) is 35.6 Å². The highest BCUT2D eigenvalue weighted by Gasteiger charge is 2.16. The zero-order chi connectivity index (χ0) is 15.2. The van der Waals surface area contributed by atoms with E-state index < -0.39 is 0 Å². The number of carbonyl (C=O) groups excluding carboxylic acids is 1. The van der Waals surface area contributed by atoms with Crippen LogP contribution >= 0.6 is 0 Å². The molecule has 112 valence electrons. The number of nitrogens with one attached hydrogen (secondary N) is 1. The Morgan fingerprint density at radius 1 is 1.19 bits per heavy atom. The molecule has 0 saturated carbocycles. The van der Waals surface area contributed by atoms with Gasteiger partial charge in [-0.15, -0.1) is 0 Å². The Labute approximate surface area is 125 Å². The fraction of sp³-hybridized carbons (Fsp3) is 0.412. The highest BCUT2D eigenvalue weighted by atomic mass is 16.3. The summed E-state index contributed by atoms with van der Waals surface area (Å²) in [5.41, 5.74) is 5.24. The van der Waals surface area contributed by atoms with Crippen LogP contribution in [0.3, 0.4) is 0 Å². The molecule has 4 heteroatoms. The Morgan fingerprint density at radius 3 is 2.48 bits per heavy atom. The highest BCUT2D eigenvalue weighted by molar-refractivity contribution is 5.99. The number of furan rings is 1. The van der Waals surface area contributed by atoms with Crippen molar-refractivity contribution < 1.29 is 9.21 Å². The molecule has 21 heavy (non-hydrogen) atoms. The predicted molar refractivity (Wildman–Crippen MR) is 85.7 cm³/mol. The minimum atomic E-state index is -0.284. The topological polar surface area (TPSA) is 54.6 Å². The molecular formula is C17H22N2O2. The second-order valence-corrected chi connectivity index (χ2v) is 5.17. The summed E-state index contributed by atoms with van der Waals surface area (Å²) in [5.74, 6) is 0.0562. The summed E-state index contributed by atoms with van der Waals surface area (Å²) in [6.07, 6.45) is 3.87. The van der Waals surface area contributed by atoms with Gasteiger partial charge in [0.1, 0.15) is 5.58 Å². The number of aryl methyl sites for hydroxylation is 1. The van der Waals surface area contributed by atoms with E-state index in [1.807, 2.05) is 31.2 Å². The Morgan fingerprint density at radius 2 is 1.86 bits per heavy atom. The van der Waals surface area contributed by atoms with Crippen LogP contribution in [0.2, 0.25) is 0 Å². The highest BCUT2D eigenvalue weighted by Crippen LogP contribution is 2.24. The van der Waals surface area contributed by atoms with Crippen molar-refractivity contribution >= 4 is 22.6 Å². The molecule has 1 aromatic carbocycles. The third kappa shape index (κ3) is 3.51. The number of amides is 1. The van der Waals surface area contributed by atoms with Crippen LogP contribution in [-0.4, -0.2) is 11.6 Å². The van der Waals surface area contributed by atoms with Gasteiger partial charge in [-0.1, -0.05) is 44.9 Å². The Bertz CT molecular complexity index is 648. The fourth-order valence-corrected chi connectivity index (χ4v) is 2.39. The van der Waals surface area contributed by atoms with Gasteiger partial charge >= 0.3 is 5.91 Å². The minimum Gasteiger partial charge on any atom is -0.451 e. The molecule has 0 aliphatic heterocycles. The molecule has 0 radical (unpaired) electrons. The number of benzene rings is 1. The van der Waals surface area contributed by atoms with E-state index in [4.69, 9.17) is 4.42 Å². The van der Waals surface area contributed by atoms with Crippen LogP contribution in [0.15, 0.2) is 33.8 Å². The molecule has 4 nitrogen and oxygen atoms in total. The Balaban J connectivity index is 2.18. The molecule has 0 spiro atoms. The number of hydrogen-bond acceptors (Lipinski definition) is 3. The van der Waals surface area contributed by atoms with Crippen LogP contribution in [0.1, 0.15) is 55.6 Å². The number of fused-ring (bicyclic) bond motifs is 1. The summed E-state index contributed by atoms with van der Waals surface area (Å²) in [6, 6.07) is 7.65. The minimum absolute atomic E-state index is 0.284. The number of hydrogen-bond donors (Lipinski definition) is 1. The smallest absolute Gasteiger partial charge is 0.307 e. The largest absolute Gasteiger partial charge is 0.451 e. The summed E-state index contributed by atoms with van der Waals surface area (Å²) in [7, 11) is 0. The van der Waals surface area contributed by atoms with E-state index in [9.17, 15) is 4.79 Å². The van der Waals surface area contributed by atoms with E-state index >= 15 is 0 Å². The summed E-state index contributed by atoms with van der Waals surface area (Å²) in [4.78, 5) is 12.2. The van der Waals surface area contributed by atoms with E-state index in [0.29, 0.717) is 5.76 Å². The van der Waals surface area contributed by atoms with Gasteiger partial charge in [-0.05, 0) is 25.8 Å². The molecule has 0 saturated heterocycles. The lowest BCUT2D eigenvalue weighted by Crippen LogP contribution is -2.20. The van der Waals surface area contributed by atoms with Gasteiger partial charge in [0.05, 0.1) is 0 Å². The van der Waals surface area contributed by atoms with Gasteiger partial charge in [-0.3, -0.25) is 4.79 Å². The quantitative estimate of drug-likeness (QED) is 0.631. The van der Waals surface area contributed by atoms with Crippen molar-refractivity contribution in [3.63, 3.8) is 0 Å². The third-order valence-corrected chi connectivity index (χ3v) is 3.44. The SMILES string of the molecule is CCCC(CCC)=NNC(=O)c1oc2ccccc2c1C. The van der Waals surface area contributed by atoms with Gasteiger partial charge < -0.3 is 4.42 Å². The van der Waals surface area contributed by atoms with E-state index in [1.165, 1.54) is 0 Å². The van der Waals surface area contributed by atoms with Crippen molar-refractivity contribution in [2.75, 3.05) is 0 Å². The summed E-state index contributed by atoms with van der Waals surface area (Å²) in [6.45, 7) is 6.11.